The molecule has 0 aliphatic rings. The van der Waals surface area contributed by atoms with Crippen molar-refractivity contribution in [1.29, 1.82) is 0 Å². The zero-order valence-corrected chi connectivity index (χ0v) is 9.44. The molecule has 0 unspecified atom stereocenters. The Balaban J connectivity index is 0. The molecule has 0 saturated carbocycles. The van der Waals surface area contributed by atoms with Crippen molar-refractivity contribution in [3.8, 4) is 5.75 Å². The number of nitrogens with two attached hydrogens (primary N) is 1. The molecule has 0 heterocycles. The van der Waals surface area contributed by atoms with E-state index in [0.29, 0.717) is 4.35 Å². The first-order valence-corrected chi connectivity index (χ1v) is 4.36. The van der Waals surface area contributed by atoms with Crippen molar-refractivity contribution in [3.63, 3.8) is 0 Å². The van der Waals surface area contributed by atoms with Gasteiger partial charge in [0.2, 0.25) is 0 Å². The molecule has 0 bridgehead atoms. The molecular weight excluding hydrogens is 264 g/mol. The van der Waals surface area contributed by atoms with Crippen LogP contribution in [0.2, 0.25) is 0 Å². The molecule has 3 N–H and O–H groups in total. The van der Waals surface area contributed by atoms with Crippen molar-refractivity contribution >= 4 is 50.5 Å². The summed E-state index contributed by atoms with van der Waals surface area (Å²) in [7, 11) is 0. The van der Waals surface area contributed by atoms with Crippen molar-refractivity contribution in [2.45, 2.75) is 0 Å². The molecule has 1 rings (SSSR count). The van der Waals surface area contributed by atoms with Crippen LogP contribution >= 0.6 is 24.8 Å². The van der Waals surface area contributed by atoms with E-state index in [0.717, 1.165) is 0 Å². The first kappa shape index (κ1) is 14.3. The number of benzene rings is 1. The predicted octanol–water partition coefficient (Wildman–Crippen LogP) is 0.493. The zero-order valence-electron chi connectivity index (χ0n) is 5.93. The summed E-state index contributed by atoms with van der Waals surface area (Å²) in [4.78, 5) is 0. The first-order chi connectivity index (χ1) is 4.74. The number of halogens is 2. The number of rotatable bonds is 1. The van der Waals surface area contributed by atoms with E-state index in [1.165, 1.54) is 12.1 Å². The second kappa shape index (κ2) is 6.29. The second-order valence-corrected chi connectivity index (χ2v) is 3.30. The molecule has 0 saturated heterocycles. The number of anilines is 1. The van der Waals surface area contributed by atoms with Crippen molar-refractivity contribution in [1.82, 2.24) is 0 Å². The summed E-state index contributed by atoms with van der Waals surface area (Å²) in [6, 6.07) is 4.55. The topological polar surface area (TPSA) is 63.3 Å². The summed E-state index contributed by atoms with van der Waals surface area (Å²) >= 11 is -1.03. The maximum atomic E-state index is 10.4. The Kier molecular flexibility index (Phi) is 7.50. The molecule has 0 fully saturated rings. The molecule has 1 aromatic rings. The van der Waals surface area contributed by atoms with Gasteiger partial charge in [-0.3, -0.25) is 0 Å². The van der Waals surface area contributed by atoms with Gasteiger partial charge in [0, 0.05) is 0 Å². The molecule has 6 heteroatoms. The fraction of sp³-hybridized carbons (Fsp3) is 0. The van der Waals surface area contributed by atoms with Gasteiger partial charge in [-0.2, -0.15) is 0 Å². The molecule has 0 radical (unpaired) electrons. The van der Waals surface area contributed by atoms with Crippen molar-refractivity contribution in [2.75, 3.05) is 5.73 Å². The second-order valence-electron chi connectivity index (χ2n) is 1.83. The van der Waals surface area contributed by atoms with Crippen molar-refractivity contribution in [3.05, 3.63) is 18.2 Å². The fourth-order valence-corrected chi connectivity index (χ4v) is 1.29. The summed E-state index contributed by atoms with van der Waals surface area (Å²) in [5, 5.41) is 8.92. The number of phenolic OH excluding ortho intramolecular Hbond substituents is 1. The van der Waals surface area contributed by atoms with Gasteiger partial charge in [-0.1, -0.05) is 0 Å². The molecule has 0 amide bonds. The van der Waals surface area contributed by atoms with Crippen LogP contribution in [0.15, 0.2) is 18.2 Å². The van der Waals surface area contributed by atoms with E-state index < -0.39 is 15.7 Å². The van der Waals surface area contributed by atoms with Crippen LogP contribution in [0.1, 0.15) is 0 Å². The minimum absolute atomic E-state index is 0. The van der Waals surface area contributed by atoms with Gasteiger partial charge in [0.1, 0.15) is 0 Å². The van der Waals surface area contributed by atoms with Crippen LogP contribution in [0.25, 0.3) is 0 Å². The van der Waals surface area contributed by atoms with E-state index in [2.05, 4.69) is 0 Å². The van der Waals surface area contributed by atoms with E-state index in [1.807, 2.05) is 0 Å². The Morgan fingerprint density at radius 2 is 1.92 bits per heavy atom. The number of hydrogen-bond acceptors (Lipinski definition) is 3. The molecule has 0 aliphatic carbocycles. The summed E-state index contributed by atoms with van der Waals surface area (Å²) in [6.45, 7) is 0. The molecule has 68 valence electrons. The summed E-state index contributed by atoms with van der Waals surface area (Å²) in [5.41, 5.74) is 5.60. The van der Waals surface area contributed by atoms with Crippen LogP contribution in [-0.4, -0.2) is 20.8 Å². The summed E-state index contributed by atoms with van der Waals surface area (Å²) in [6.07, 6.45) is 0. The van der Waals surface area contributed by atoms with Gasteiger partial charge in [0.15, 0.2) is 0 Å². The fourth-order valence-electron chi connectivity index (χ4n) is 0.599. The average Bonchev–Trinajstić information content (AvgIpc) is 1.95. The molecule has 0 aliphatic heterocycles. The molecule has 0 atom stereocenters. The van der Waals surface area contributed by atoms with Crippen LogP contribution in [0, 0.1) is 0 Å². The Morgan fingerprint density at radius 3 is 2.33 bits per heavy atom. The number of hydrogen-bond donors (Lipinski definition) is 2. The van der Waals surface area contributed by atoms with Gasteiger partial charge in [-0.05, 0) is 0 Å². The number of aromatic hydroxyl groups is 1. The molecule has 0 aromatic heterocycles. The Labute approximate surface area is 89.1 Å². The third kappa shape index (κ3) is 3.44. The number of phenols is 1. The van der Waals surface area contributed by atoms with Crippen LogP contribution in [0.4, 0.5) is 5.69 Å². The van der Waals surface area contributed by atoms with Gasteiger partial charge < -0.3 is 0 Å². The Morgan fingerprint density at radius 1 is 1.33 bits per heavy atom. The van der Waals surface area contributed by atoms with Gasteiger partial charge in [-0.25, -0.2) is 0 Å². The monoisotopic (exact) mass is 271 g/mol. The minimum atomic E-state index is -1.03. The normalized spacial score (nSPS) is 8.33. The van der Waals surface area contributed by atoms with E-state index in [4.69, 9.17) is 10.8 Å². The molecule has 0 spiro atoms. The van der Waals surface area contributed by atoms with Crippen LogP contribution in [0.3, 0.4) is 0 Å². The average molecular weight is 272 g/mol. The molecule has 12 heavy (non-hydrogen) atoms. The number of nitrogen functional groups attached to an aromatic ring is 1. The van der Waals surface area contributed by atoms with Gasteiger partial charge in [-0.15, -0.1) is 24.8 Å². The predicted molar refractivity (Wildman–Crippen MR) is 53.1 cm³/mol. The van der Waals surface area contributed by atoms with Crippen molar-refractivity contribution < 1.29 is 8.85 Å². The Hall–Kier alpha value is -0.242. The molecule has 3 nitrogen and oxygen atoms in total. The van der Waals surface area contributed by atoms with Gasteiger partial charge >= 0.3 is 64.3 Å². The first-order valence-electron chi connectivity index (χ1n) is 2.66. The summed E-state index contributed by atoms with van der Waals surface area (Å²) < 4.78 is 11.0. The molecular formula is C6H8AsCl2NO2. The molecule has 1 aromatic carbocycles. The summed E-state index contributed by atoms with van der Waals surface area (Å²) in [5.74, 6) is 0.0402. The zero-order chi connectivity index (χ0) is 7.56. The van der Waals surface area contributed by atoms with E-state index in [9.17, 15) is 3.74 Å². The van der Waals surface area contributed by atoms with E-state index in [-0.39, 0.29) is 36.3 Å². The third-order valence-electron chi connectivity index (χ3n) is 1.12. The van der Waals surface area contributed by atoms with Crippen LogP contribution < -0.4 is 10.1 Å². The van der Waals surface area contributed by atoms with Crippen LogP contribution in [-0.2, 0) is 3.74 Å². The quantitative estimate of drug-likeness (QED) is 0.444. The third-order valence-corrected chi connectivity index (χ3v) is 2.14. The van der Waals surface area contributed by atoms with Gasteiger partial charge in [0.05, 0.1) is 0 Å². The van der Waals surface area contributed by atoms with Crippen LogP contribution in [0.5, 0.6) is 5.75 Å². The SMILES string of the molecule is Cl.Cl.Nc1cc([As]=O)ccc1O. The van der Waals surface area contributed by atoms with E-state index in [1.54, 1.807) is 6.07 Å². The Bertz CT molecular complexity index is 270. The van der Waals surface area contributed by atoms with E-state index >= 15 is 0 Å². The maximum absolute atomic E-state index is 10.4. The van der Waals surface area contributed by atoms with Crippen molar-refractivity contribution in [2.24, 2.45) is 0 Å². The van der Waals surface area contributed by atoms with Gasteiger partial charge in [0.25, 0.3) is 0 Å². The standard InChI is InChI=1S/C6H6AsNO2.2ClH/c8-5-3-4(7-10)1-2-6(5)9;;/h1-3,9H,8H2;2*1H.